The minimum absolute atomic E-state index is 0.497. The van der Waals surface area contributed by atoms with E-state index in [1.165, 1.54) is 0 Å². The van der Waals surface area contributed by atoms with Crippen molar-refractivity contribution in [2.75, 3.05) is 5.73 Å². The number of aromatic amines is 1. The van der Waals surface area contributed by atoms with E-state index in [0.29, 0.717) is 5.95 Å². The predicted octanol–water partition coefficient (Wildman–Crippen LogP) is 1.76. The third-order valence-electron chi connectivity index (χ3n) is 1.91. The minimum Gasteiger partial charge on any atom is -0.369 e. The first-order chi connectivity index (χ1) is 6.20. The molecule has 0 aliphatic heterocycles. The number of anilines is 1. The Morgan fingerprint density at radius 1 is 1.62 bits per heavy atom. The molecule has 0 fully saturated rings. The molecule has 0 aromatic carbocycles. The maximum atomic E-state index is 5.66. The van der Waals surface area contributed by atoms with Crippen molar-refractivity contribution in [3.63, 3.8) is 0 Å². The second-order valence-electron chi connectivity index (χ2n) is 2.75. The van der Waals surface area contributed by atoms with E-state index >= 15 is 0 Å². The summed E-state index contributed by atoms with van der Waals surface area (Å²) in [5.74, 6) is 0.497. The van der Waals surface area contributed by atoms with Gasteiger partial charge in [0.05, 0.1) is 5.69 Å². The van der Waals surface area contributed by atoms with Crippen LogP contribution < -0.4 is 5.73 Å². The summed E-state index contributed by atoms with van der Waals surface area (Å²) >= 11 is 3.42. The number of aromatic nitrogens is 3. The van der Waals surface area contributed by atoms with Crippen molar-refractivity contribution in [2.24, 2.45) is 7.05 Å². The standard InChI is InChI=1S/C8H9BrN4/c1-13-7(9)6(12-8(13)10)5-3-2-4-11-5/h2-4,11H,1H3,(H2,10,12). The van der Waals surface area contributed by atoms with Crippen molar-refractivity contribution in [1.29, 1.82) is 0 Å². The van der Waals surface area contributed by atoms with E-state index in [9.17, 15) is 0 Å². The first-order valence-electron chi connectivity index (χ1n) is 3.81. The molecular weight excluding hydrogens is 232 g/mol. The van der Waals surface area contributed by atoms with Gasteiger partial charge in [-0.15, -0.1) is 0 Å². The predicted molar refractivity (Wildman–Crippen MR) is 55.1 cm³/mol. The van der Waals surface area contributed by atoms with E-state index in [1.807, 2.05) is 25.4 Å². The number of H-pyrrole nitrogens is 1. The lowest BCUT2D eigenvalue weighted by Gasteiger charge is -1.95. The summed E-state index contributed by atoms with van der Waals surface area (Å²) in [6.07, 6.45) is 1.85. The fourth-order valence-corrected chi connectivity index (χ4v) is 1.63. The SMILES string of the molecule is Cn1c(N)nc(-c2ccc[nH]2)c1Br. The molecule has 0 atom stereocenters. The van der Waals surface area contributed by atoms with Crippen LogP contribution in [0.1, 0.15) is 0 Å². The lowest BCUT2D eigenvalue weighted by molar-refractivity contribution is 0.907. The second kappa shape index (κ2) is 2.92. The molecule has 0 radical (unpaired) electrons. The summed E-state index contributed by atoms with van der Waals surface area (Å²) in [6.45, 7) is 0. The molecule has 68 valence electrons. The highest BCUT2D eigenvalue weighted by molar-refractivity contribution is 9.10. The number of nitrogens with two attached hydrogens (primary N) is 1. The van der Waals surface area contributed by atoms with Gasteiger partial charge in [-0.1, -0.05) is 0 Å². The smallest absolute Gasteiger partial charge is 0.201 e. The van der Waals surface area contributed by atoms with E-state index in [-0.39, 0.29) is 0 Å². The topological polar surface area (TPSA) is 59.6 Å². The number of hydrogen-bond acceptors (Lipinski definition) is 2. The van der Waals surface area contributed by atoms with Crippen molar-refractivity contribution >= 4 is 21.9 Å². The van der Waals surface area contributed by atoms with E-state index in [0.717, 1.165) is 16.0 Å². The zero-order chi connectivity index (χ0) is 9.42. The van der Waals surface area contributed by atoms with Crippen molar-refractivity contribution in [1.82, 2.24) is 14.5 Å². The summed E-state index contributed by atoms with van der Waals surface area (Å²) < 4.78 is 2.67. The average molecular weight is 241 g/mol. The third-order valence-corrected chi connectivity index (χ3v) is 2.82. The van der Waals surface area contributed by atoms with Crippen LogP contribution >= 0.6 is 15.9 Å². The molecule has 0 aliphatic rings. The van der Waals surface area contributed by atoms with Gasteiger partial charge in [-0.3, -0.25) is 0 Å². The van der Waals surface area contributed by atoms with Crippen LogP contribution in [0.15, 0.2) is 22.9 Å². The Kier molecular flexibility index (Phi) is 1.88. The molecule has 0 amide bonds. The van der Waals surface area contributed by atoms with Gasteiger partial charge in [0.1, 0.15) is 10.3 Å². The van der Waals surface area contributed by atoms with Gasteiger partial charge in [0.2, 0.25) is 5.95 Å². The van der Waals surface area contributed by atoms with E-state index in [4.69, 9.17) is 5.73 Å². The largest absolute Gasteiger partial charge is 0.369 e. The van der Waals surface area contributed by atoms with E-state index in [1.54, 1.807) is 4.57 Å². The number of nitrogen functional groups attached to an aromatic ring is 1. The molecule has 4 nitrogen and oxygen atoms in total. The summed E-state index contributed by atoms with van der Waals surface area (Å²) in [4.78, 5) is 7.29. The maximum Gasteiger partial charge on any atom is 0.201 e. The van der Waals surface area contributed by atoms with Crippen LogP contribution in [-0.4, -0.2) is 14.5 Å². The summed E-state index contributed by atoms with van der Waals surface area (Å²) in [5, 5.41) is 0. The number of imidazole rings is 1. The monoisotopic (exact) mass is 240 g/mol. The molecule has 5 heteroatoms. The van der Waals surface area contributed by atoms with Crippen LogP contribution in [0.2, 0.25) is 0 Å². The number of halogens is 1. The molecule has 13 heavy (non-hydrogen) atoms. The Hall–Kier alpha value is -1.23. The number of nitrogens with one attached hydrogen (secondary N) is 1. The zero-order valence-corrected chi connectivity index (χ0v) is 8.67. The average Bonchev–Trinajstić information content (AvgIpc) is 2.70. The van der Waals surface area contributed by atoms with Crippen LogP contribution in [-0.2, 0) is 7.05 Å². The van der Waals surface area contributed by atoms with E-state index < -0.39 is 0 Å². The number of hydrogen-bond donors (Lipinski definition) is 2. The highest BCUT2D eigenvalue weighted by Gasteiger charge is 2.11. The molecule has 0 saturated carbocycles. The second-order valence-corrected chi connectivity index (χ2v) is 3.50. The van der Waals surface area contributed by atoms with Gasteiger partial charge >= 0.3 is 0 Å². The highest BCUT2D eigenvalue weighted by Crippen LogP contribution is 2.27. The van der Waals surface area contributed by atoms with Crippen LogP contribution in [0.25, 0.3) is 11.4 Å². The van der Waals surface area contributed by atoms with Gasteiger partial charge in [-0.2, -0.15) is 0 Å². The Balaban J connectivity index is 2.59. The van der Waals surface area contributed by atoms with Crippen molar-refractivity contribution in [3.05, 3.63) is 22.9 Å². The lowest BCUT2D eigenvalue weighted by Crippen LogP contribution is -1.96. The van der Waals surface area contributed by atoms with E-state index in [2.05, 4.69) is 25.9 Å². The Labute approximate surface area is 83.9 Å². The molecule has 0 unspecified atom stereocenters. The van der Waals surface area contributed by atoms with Crippen molar-refractivity contribution in [2.45, 2.75) is 0 Å². The van der Waals surface area contributed by atoms with Crippen molar-refractivity contribution < 1.29 is 0 Å². The highest BCUT2D eigenvalue weighted by atomic mass is 79.9. The molecule has 0 spiro atoms. The number of rotatable bonds is 1. The fraction of sp³-hybridized carbons (Fsp3) is 0.125. The van der Waals surface area contributed by atoms with Gasteiger partial charge in [0.25, 0.3) is 0 Å². The summed E-state index contributed by atoms with van der Waals surface area (Å²) in [6, 6.07) is 3.87. The van der Waals surface area contributed by atoms with Crippen LogP contribution in [0.5, 0.6) is 0 Å². The quantitative estimate of drug-likeness (QED) is 0.799. The Bertz CT molecular complexity index is 416. The van der Waals surface area contributed by atoms with Gasteiger partial charge in [-0.25, -0.2) is 4.98 Å². The number of nitrogens with zero attached hydrogens (tertiary/aromatic N) is 2. The third kappa shape index (κ3) is 1.25. The van der Waals surface area contributed by atoms with Gasteiger partial charge < -0.3 is 15.3 Å². The molecule has 0 saturated heterocycles. The lowest BCUT2D eigenvalue weighted by atomic mass is 10.3. The normalized spacial score (nSPS) is 10.6. The summed E-state index contributed by atoms with van der Waals surface area (Å²) in [5.41, 5.74) is 7.45. The maximum absolute atomic E-state index is 5.66. The molecule has 2 heterocycles. The van der Waals surface area contributed by atoms with Gasteiger partial charge in [0, 0.05) is 13.2 Å². The first kappa shape index (κ1) is 8.37. The molecular formula is C8H9BrN4. The first-order valence-corrected chi connectivity index (χ1v) is 4.61. The minimum atomic E-state index is 0.497. The molecule has 0 bridgehead atoms. The Morgan fingerprint density at radius 2 is 2.38 bits per heavy atom. The summed E-state index contributed by atoms with van der Waals surface area (Å²) in [7, 11) is 1.86. The molecule has 2 rings (SSSR count). The zero-order valence-electron chi connectivity index (χ0n) is 7.08. The molecule has 2 aromatic heterocycles. The fourth-order valence-electron chi connectivity index (χ4n) is 1.14. The Morgan fingerprint density at radius 3 is 2.85 bits per heavy atom. The van der Waals surface area contributed by atoms with Gasteiger partial charge in [0.15, 0.2) is 0 Å². The van der Waals surface area contributed by atoms with Crippen LogP contribution in [0.3, 0.4) is 0 Å². The van der Waals surface area contributed by atoms with Crippen LogP contribution in [0, 0.1) is 0 Å². The molecule has 0 aliphatic carbocycles. The molecule has 3 N–H and O–H groups in total. The van der Waals surface area contributed by atoms with Crippen LogP contribution in [0.4, 0.5) is 5.95 Å². The van der Waals surface area contributed by atoms with Gasteiger partial charge in [-0.05, 0) is 28.1 Å². The molecule has 2 aromatic rings. The van der Waals surface area contributed by atoms with Crippen molar-refractivity contribution in [3.8, 4) is 11.4 Å².